The number of nitrogens with one attached hydrogen (secondary N) is 1. The van der Waals surface area contributed by atoms with Crippen LogP contribution in [0.25, 0.3) is 16.6 Å². The molecule has 6 rings (SSSR count). The predicted octanol–water partition coefficient (Wildman–Crippen LogP) is 4.10. The van der Waals surface area contributed by atoms with Crippen LogP contribution >= 0.6 is 0 Å². The van der Waals surface area contributed by atoms with Gasteiger partial charge in [-0.25, -0.2) is 14.4 Å². The number of nitrogens with zero attached hydrogens (tertiary/aromatic N) is 4. The van der Waals surface area contributed by atoms with Gasteiger partial charge in [0.15, 0.2) is 0 Å². The number of anilines is 2. The second-order valence-electron chi connectivity index (χ2n) is 9.59. The number of nitrogen functional groups attached to an aromatic ring is 1. The zero-order chi connectivity index (χ0) is 24.3. The summed E-state index contributed by atoms with van der Waals surface area (Å²) in [5.41, 5.74) is 10.4. The average molecular weight is 473 g/mol. The van der Waals surface area contributed by atoms with Crippen LogP contribution in [0.5, 0.6) is 0 Å². The largest absolute Gasteiger partial charge is 0.382 e. The van der Waals surface area contributed by atoms with Gasteiger partial charge < -0.3 is 16.0 Å². The van der Waals surface area contributed by atoms with E-state index in [2.05, 4.69) is 28.3 Å². The maximum atomic E-state index is 15.3. The van der Waals surface area contributed by atoms with Gasteiger partial charge in [0.1, 0.15) is 17.2 Å². The molecule has 3 N–H and O–H groups in total. The third kappa shape index (κ3) is 3.58. The highest BCUT2D eigenvalue weighted by molar-refractivity contribution is 5.99. The van der Waals surface area contributed by atoms with Gasteiger partial charge in [0.05, 0.1) is 35.2 Å². The highest BCUT2D eigenvalue weighted by Crippen LogP contribution is 2.37. The van der Waals surface area contributed by atoms with Crippen LogP contribution in [0.3, 0.4) is 0 Å². The first kappa shape index (κ1) is 21.5. The van der Waals surface area contributed by atoms with Gasteiger partial charge in [0.25, 0.3) is 5.91 Å². The number of piperidine rings is 1. The first-order valence-corrected chi connectivity index (χ1v) is 11.8. The Kier molecular flexibility index (Phi) is 4.94. The number of benzene rings is 2. The normalized spacial score (nSPS) is 20.2. The minimum Gasteiger partial charge on any atom is -0.382 e. The minimum absolute atomic E-state index is 0.00314. The summed E-state index contributed by atoms with van der Waals surface area (Å²) in [6, 6.07) is 8.59. The number of carbonyl (C=O) groups excluding carboxylic acids is 2. The summed E-state index contributed by atoms with van der Waals surface area (Å²) >= 11 is 0. The molecule has 9 heteroatoms. The summed E-state index contributed by atoms with van der Waals surface area (Å²) < 4.78 is 17.0. The fraction of sp³-hybridized carbons (Fsp3) is 0.308. The van der Waals surface area contributed by atoms with E-state index in [1.807, 2.05) is 12.1 Å². The molecule has 2 unspecified atom stereocenters. The number of hydrogen-bond donors (Lipinski definition) is 2. The van der Waals surface area contributed by atoms with Crippen molar-refractivity contribution in [2.75, 3.05) is 17.6 Å². The lowest BCUT2D eigenvalue weighted by Crippen LogP contribution is -2.42. The number of aromatic nitrogens is 3. The molecule has 0 bridgehead atoms. The third-order valence-corrected chi connectivity index (χ3v) is 7.18. The Labute approximate surface area is 201 Å². The van der Waals surface area contributed by atoms with Crippen molar-refractivity contribution in [2.24, 2.45) is 5.92 Å². The number of fused-ring (bicyclic) bond motifs is 4. The molecule has 2 aromatic carbocycles. The SMILES string of the molecule is CC1CCC(c2ccc3c(c2)CCC(=O)N3)N(C(=O)c2cc3c(cc2F)nc(N)c2cncn23)C1. The van der Waals surface area contributed by atoms with E-state index in [4.69, 9.17) is 5.73 Å². The van der Waals surface area contributed by atoms with E-state index in [0.29, 0.717) is 41.9 Å². The Morgan fingerprint density at radius 2 is 2.03 bits per heavy atom. The molecule has 1 fully saturated rings. The van der Waals surface area contributed by atoms with Crippen molar-refractivity contribution in [1.29, 1.82) is 0 Å². The lowest BCUT2D eigenvalue weighted by molar-refractivity contribution is -0.116. The summed E-state index contributed by atoms with van der Waals surface area (Å²) in [5.74, 6) is -0.404. The summed E-state index contributed by atoms with van der Waals surface area (Å²) in [5, 5.41) is 2.91. The highest BCUT2D eigenvalue weighted by Gasteiger charge is 2.33. The van der Waals surface area contributed by atoms with E-state index in [0.717, 1.165) is 29.7 Å². The van der Waals surface area contributed by atoms with Crippen LogP contribution in [-0.2, 0) is 11.2 Å². The molecule has 1 saturated heterocycles. The van der Waals surface area contributed by atoms with Crippen molar-refractivity contribution in [1.82, 2.24) is 19.3 Å². The predicted molar refractivity (Wildman–Crippen MR) is 130 cm³/mol. The van der Waals surface area contributed by atoms with Gasteiger partial charge in [-0.3, -0.25) is 14.0 Å². The molecule has 4 heterocycles. The summed E-state index contributed by atoms with van der Waals surface area (Å²) in [4.78, 5) is 35.8. The molecule has 35 heavy (non-hydrogen) atoms. The maximum Gasteiger partial charge on any atom is 0.257 e. The van der Waals surface area contributed by atoms with Crippen molar-refractivity contribution in [3.05, 3.63) is 65.4 Å². The van der Waals surface area contributed by atoms with Crippen molar-refractivity contribution < 1.29 is 14.0 Å². The van der Waals surface area contributed by atoms with E-state index < -0.39 is 5.82 Å². The van der Waals surface area contributed by atoms with E-state index in [-0.39, 0.29) is 29.2 Å². The molecule has 2 aromatic heterocycles. The van der Waals surface area contributed by atoms with E-state index in [1.165, 1.54) is 6.07 Å². The molecule has 2 amide bonds. The van der Waals surface area contributed by atoms with Crippen molar-refractivity contribution in [3.8, 4) is 0 Å². The second kappa shape index (κ2) is 8.04. The molecule has 2 aliphatic rings. The van der Waals surface area contributed by atoms with Crippen LogP contribution < -0.4 is 11.1 Å². The first-order chi connectivity index (χ1) is 16.9. The number of hydrogen-bond acceptors (Lipinski definition) is 5. The molecule has 0 saturated carbocycles. The van der Waals surface area contributed by atoms with Crippen LogP contribution in [-0.4, -0.2) is 37.6 Å². The molecule has 0 aliphatic carbocycles. The van der Waals surface area contributed by atoms with E-state index in [9.17, 15) is 9.59 Å². The quantitative estimate of drug-likeness (QED) is 0.457. The van der Waals surface area contributed by atoms with Gasteiger partial charge >= 0.3 is 0 Å². The fourth-order valence-electron chi connectivity index (χ4n) is 5.35. The van der Waals surface area contributed by atoms with Crippen molar-refractivity contribution >= 4 is 39.9 Å². The number of rotatable bonds is 2. The molecule has 4 aromatic rings. The third-order valence-electron chi connectivity index (χ3n) is 7.18. The monoisotopic (exact) mass is 472 g/mol. The second-order valence-corrected chi connectivity index (χ2v) is 9.59. The first-order valence-electron chi connectivity index (χ1n) is 11.8. The molecular weight excluding hydrogens is 447 g/mol. The maximum absolute atomic E-state index is 15.3. The smallest absolute Gasteiger partial charge is 0.257 e. The Morgan fingerprint density at radius 3 is 2.89 bits per heavy atom. The van der Waals surface area contributed by atoms with Gasteiger partial charge in [-0.15, -0.1) is 0 Å². The molecule has 8 nitrogen and oxygen atoms in total. The number of halogens is 1. The number of nitrogens with two attached hydrogens (primary N) is 1. The average Bonchev–Trinajstić information content (AvgIpc) is 3.34. The van der Waals surface area contributed by atoms with Gasteiger partial charge in [-0.2, -0.15) is 0 Å². The minimum atomic E-state index is -0.626. The summed E-state index contributed by atoms with van der Waals surface area (Å²) in [6.45, 7) is 2.65. The van der Waals surface area contributed by atoms with Crippen molar-refractivity contribution in [3.63, 3.8) is 0 Å². The number of likely N-dealkylation sites (tertiary alicyclic amines) is 1. The lowest BCUT2D eigenvalue weighted by atomic mass is 9.87. The van der Waals surface area contributed by atoms with Gasteiger partial charge in [-0.05, 0) is 48.4 Å². The van der Waals surface area contributed by atoms with Crippen LogP contribution in [0.15, 0.2) is 42.9 Å². The summed E-state index contributed by atoms with van der Waals surface area (Å²) in [7, 11) is 0. The number of carbonyl (C=O) groups is 2. The molecule has 178 valence electrons. The summed E-state index contributed by atoms with van der Waals surface area (Å²) in [6.07, 6.45) is 6.05. The van der Waals surface area contributed by atoms with Gasteiger partial charge in [-0.1, -0.05) is 19.1 Å². The standard InChI is InChI=1S/C26H25FN6O2/c1-14-2-6-21(16-3-5-19-15(8-16)4-7-24(34)30-19)32(12-14)26(35)17-9-22-20(10-18(17)27)31-25(28)23-11-29-13-33(22)23/h3,5,8-11,13-14,21H,2,4,6-7,12H2,1H3,(H2,28,31)(H,30,34). The Bertz CT molecular complexity index is 1510. The molecule has 2 aliphatic heterocycles. The van der Waals surface area contributed by atoms with E-state index in [1.54, 1.807) is 27.9 Å². The number of aryl methyl sites for hydroxylation is 1. The van der Waals surface area contributed by atoms with Gasteiger partial charge in [0, 0.05) is 24.7 Å². The fourth-order valence-corrected chi connectivity index (χ4v) is 5.35. The lowest BCUT2D eigenvalue weighted by Gasteiger charge is -2.39. The number of amides is 2. The van der Waals surface area contributed by atoms with Gasteiger partial charge in [0.2, 0.25) is 5.91 Å². The van der Waals surface area contributed by atoms with Crippen LogP contribution in [0.2, 0.25) is 0 Å². The zero-order valence-electron chi connectivity index (χ0n) is 19.3. The molecular formula is C26H25FN6O2. The Balaban J connectivity index is 1.41. The molecule has 2 atom stereocenters. The van der Waals surface area contributed by atoms with Crippen molar-refractivity contribution in [2.45, 2.75) is 38.6 Å². The molecule has 0 spiro atoms. The van der Waals surface area contributed by atoms with E-state index >= 15 is 4.39 Å². The van der Waals surface area contributed by atoms with Crippen LogP contribution in [0.4, 0.5) is 15.9 Å². The Morgan fingerprint density at radius 1 is 1.17 bits per heavy atom. The molecule has 0 radical (unpaired) electrons. The highest BCUT2D eigenvalue weighted by atomic mass is 19.1. The topological polar surface area (TPSA) is 106 Å². The van der Waals surface area contributed by atoms with Crippen LogP contribution in [0, 0.1) is 11.7 Å². The van der Waals surface area contributed by atoms with Crippen LogP contribution in [0.1, 0.15) is 53.7 Å². The Hall–Kier alpha value is -4.01. The number of imidazole rings is 1. The zero-order valence-corrected chi connectivity index (χ0v) is 19.3.